The Bertz CT molecular complexity index is 350. The zero-order valence-electron chi connectivity index (χ0n) is 8.73. The van der Waals surface area contributed by atoms with E-state index in [9.17, 15) is 4.79 Å². The third-order valence-corrected chi connectivity index (χ3v) is 1.89. The fourth-order valence-corrected chi connectivity index (χ4v) is 1.12. The Morgan fingerprint density at radius 3 is 2.93 bits per heavy atom. The summed E-state index contributed by atoms with van der Waals surface area (Å²) < 4.78 is 1.23. The Labute approximate surface area is 87.9 Å². The molecule has 1 heterocycles. The molecule has 0 aliphatic rings. The second kappa shape index (κ2) is 6.15. The van der Waals surface area contributed by atoms with E-state index in [0.29, 0.717) is 5.69 Å². The molecule has 6 nitrogen and oxygen atoms in total. The Morgan fingerprint density at radius 2 is 2.33 bits per heavy atom. The molecular weight excluding hydrogens is 196 g/mol. The number of hydrogen-bond donors (Lipinski definition) is 3. The zero-order chi connectivity index (χ0) is 11.1. The summed E-state index contributed by atoms with van der Waals surface area (Å²) in [7, 11) is 1.86. The van der Waals surface area contributed by atoms with Crippen molar-refractivity contribution in [3.8, 4) is 0 Å². The maximum atomic E-state index is 11.4. The molecule has 15 heavy (non-hydrogen) atoms. The Hall–Kier alpha value is -1.40. The van der Waals surface area contributed by atoms with Crippen molar-refractivity contribution in [2.45, 2.75) is 6.54 Å². The van der Waals surface area contributed by atoms with E-state index in [1.54, 1.807) is 6.20 Å². The van der Waals surface area contributed by atoms with Crippen LogP contribution >= 0.6 is 0 Å². The van der Waals surface area contributed by atoms with Gasteiger partial charge < -0.3 is 15.7 Å². The summed E-state index contributed by atoms with van der Waals surface area (Å²) in [5.41, 5.74) is 0.489. The van der Waals surface area contributed by atoms with Gasteiger partial charge in [0.1, 0.15) is 0 Å². The van der Waals surface area contributed by atoms with Gasteiger partial charge in [-0.15, -0.1) is 0 Å². The highest BCUT2D eigenvalue weighted by molar-refractivity contribution is 5.38. The molecule has 84 valence electrons. The number of rotatable bonds is 6. The lowest BCUT2D eigenvalue weighted by molar-refractivity contribution is 0.266. The van der Waals surface area contributed by atoms with E-state index in [-0.39, 0.29) is 18.7 Å². The van der Waals surface area contributed by atoms with E-state index in [1.165, 1.54) is 10.7 Å². The Kier molecular flexibility index (Phi) is 4.79. The van der Waals surface area contributed by atoms with Crippen molar-refractivity contribution in [1.82, 2.24) is 15.1 Å². The highest BCUT2D eigenvalue weighted by Crippen LogP contribution is 1.97. The molecule has 0 spiro atoms. The number of likely N-dealkylation sites (N-methyl/N-ethyl adjacent to an activating group) is 1. The fraction of sp³-hybridized carbons (Fsp3) is 0.556. The van der Waals surface area contributed by atoms with Crippen molar-refractivity contribution < 1.29 is 5.11 Å². The van der Waals surface area contributed by atoms with Crippen LogP contribution in [0.25, 0.3) is 0 Å². The summed E-state index contributed by atoms with van der Waals surface area (Å²) in [5.74, 6) is 0. The molecule has 0 unspecified atom stereocenters. The van der Waals surface area contributed by atoms with Crippen molar-refractivity contribution >= 4 is 5.69 Å². The zero-order valence-corrected chi connectivity index (χ0v) is 8.73. The first-order valence-electron chi connectivity index (χ1n) is 4.84. The van der Waals surface area contributed by atoms with Gasteiger partial charge in [0.15, 0.2) is 0 Å². The van der Waals surface area contributed by atoms with Gasteiger partial charge in [0.2, 0.25) is 0 Å². The molecule has 3 N–H and O–H groups in total. The minimum absolute atomic E-state index is 0.0839. The minimum Gasteiger partial charge on any atom is -0.394 e. The molecule has 0 saturated heterocycles. The van der Waals surface area contributed by atoms with Crippen LogP contribution in [0.2, 0.25) is 0 Å². The number of aliphatic hydroxyl groups is 1. The maximum Gasteiger partial charge on any atom is 0.268 e. The lowest BCUT2D eigenvalue weighted by Crippen LogP contribution is -2.25. The summed E-state index contributed by atoms with van der Waals surface area (Å²) in [6.07, 6.45) is 1.58. The molecule has 0 fully saturated rings. The molecule has 0 radical (unpaired) electrons. The number of nitrogens with one attached hydrogen (secondary N) is 2. The number of aromatic nitrogens is 2. The van der Waals surface area contributed by atoms with Gasteiger partial charge in [0, 0.05) is 19.2 Å². The summed E-state index contributed by atoms with van der Waals surface area (Å²) in [6, 6.07) is 1.47. The molecule has 0 atom stereocenters. The smallest absolute Gasteiger partial charge is 0.268 e. The molecule has 0 amide bonds. The van der Waals surface area contributed by atoms with Gasteiger partial charge in [0.05, 0.1) is 25.0 Å². The lowest BCUT2D eigenvalue weighted by atomic mass is 10.4. The van der Waals surface area contributed by atoms with Gasteiger partial charge >= 0.3 is 0 Å². The Morgan fingerprint density at radius 1 is 1.53 bits per heavy atom. The molecule has 0 aliphatic carbocycles. The van der Waals surface area contributed by atoms with Crippen molar-refractivity contribution in [3.63, 3.8) is 0 Å². The highest BCUT2D eigenvalue weighted by Gasteiger charge is 1.98. The molecule has 1 aromatic heterocycles. The third-order valence-electron chi connectivity index (χ3n) is 1.89. The van der Waals surface area contributed by atoms with Crippen LogP contribution in [0.1, 0.15) is 0 Å². The Balaban J connectivity index is 2.61. The van der Waals surface area contributed by atoms with Gasteiger partial charge in [0.25, 0.3) is 5.56 Å². The van der Waals surface area contributed by atoms with E-state index >= 15 is 0 Å². The van der Waals surface area contributed by atoms with Crippen LogP contribution in [0.4, 0.5) is 5.69 Å². The van der Waals surface area contributed by atoms with E-state index < -0.39 is 0 Å². The van der Waals surface area contributed by atoms with Crippen LogP contribution in [-0.2, 0) is 6.54 Å². The lowest BCUT2D eigenvalue weighted by Gasteiger charge is -2.06. The molecule has 0 aromatic carbocycles. The SMILES string of the molecule is CNCCNc1cnn(CCO)c(=O)c1. The fourth-order valence-electron chi connectivity index (χ4n) is 1.12. The average molecular weight is 212 g/mol. The number of hydrogen-bond acceptors (Lipinski definition) is 5. The number of aliphatic hydroxyl groups excluding tert-OH is 1. The van der Waals surface area contributed by atoms with Gasteiger partial charge in [-0.3, -0.25) is 4.79 Å². The molecule has 1 rings (SSSR count). The predicted octanol–water partition coefficient (Wildman–Crippen LogP) is -1.13. The first-order chi connectivity index (χ1) is 7.27. The standard InChI is InChI=1S/C9H16N4O2/c1-10-2-3-11-8-6-9(15)13(4-5-14)12-7-8/h6-7,10-11,14H,2-5H2,1H3. The number of nitrogens with zero attached hydrogens (tertiary/aromatic N) is 2. The van der Waals surface area contributed by atoms with Crippen molar-refractivity contribution in [2.24, 2.45) is 0 Å². The maximum absolute atomic E-state index is 11.4. The molecular formula is C9H16N4O2. The monoisotopic (exact) mass is 212 g/mol. The molecule has 1 aromatic rings. The largest absolute Gasteiger partial charge is 0.394 e. The predicted molar refractivity (Wildman–Crippen MR) is 58.0 cm³/mol. The van der Waals surface area contributed by atoms with Crippen molar-refractivity contribution in [3.05, 3.63) is 22.6 Å². The van der Waals surface area contributed by atoms with Crippen molar-refractivity contribution in [1.29, 1.82) is 0 Å². The van der Waals surface area contributed by atoms with Crippen LogP contribution in [-0.4, -0.2) is 41.6 Å². The van der Waals surface area contributed by atoms with Crippen LogP contribution in [0.5, 0.6) is 0 Å². The summed E-state index contributed by atoms with van der Waals surface area (Å²) in [6.45, 7) is 1.70. The van der Waals surface area contributed by atoms with E-state index in [4.69, 9.17) is 5.11 Å². The van der Waals surface area contributed by atoms with Crippen LogP contribution in [0.15, 0.2) is 17.1 Å². The highest BCUT2D eigenvalue weighted by atomic mass is 16.3. The van der Waals surface area contributed by atoms with Gasteiger partial charge in [-0.2, -0.15) is 5.10 Å². The van der Waals surface area contributed by atoms with Crippen LogP contribution in [0.3, 0.4) is 0 Å². The topological polar surface area (TPSA) is 79.2 Å². The van der Waals surface area contributed by atoms with Gasteiger partial charge in [-0.05, 0) is 7.05 Å². The second-order valence-corrected chi connectivity index (χ2v) is 3.06. The van der Waals surface area contributed by atoms with Crippen molar-refractivity contribution in [2.75, 3.05) is 32.1 Å². The average Bonchev–Trinajstić information content (AvgIpc) is 2.23. The van der Waals surface area contributed by atoms with Gasteiger partial charge in [-0.1, -0.05) is 0 Å². The third kappa shape index (κ3) is 3.69. The van der Waals surface area contributed by atoms with E-state index in [0.717, 1.165) is 13.1 Å². The van der Waals surface area contributed by atoms with Crippen LogP contribution in [0, 0.1) is 0 Å². The summed E-state index contributed by atoms with van der Waals surface area (Å²) in [5, 5.41) is 18.6. The van der Waals surface area contributed by atoms with E-state index in [2.05, 4.69) is 15.7 Å². The quantitative estimate of drug-likeness (QED) is 0.520. The summed E-state index contributed by atoms with van der Waals surface area (Å²) in [4.78, 5) is 11.4. The van der Waals surface area contributed by atoms with Crippen LogP contribution < -0.4 is 16.2 Å². The van der Waals surface area contributed by atoms with E-state index in [1.807, 2.05) is 7.05 Å². The molecule has 0 aliphatic heterocycles. The second-order valence-electron chi connectivity index (χ2n) is 3.06. The first kappa shape index (κ1) is 11.7. The normalized spacial score (nSPS) is 10.3. The first-order valence-corrected chi connectivity index (χ1v) is 4.84. The molecule has 0 bridgehead atoms. The number of anilines is 1. The summed E-state index contributed by atoms with van der Waals surface area (Å²) >= 11 is 0. The molecule has 6 heteroatoms. The minimum atomic E-state index is -0.210. The van der Waals surface area contributed by atoms with Gasteiger partial charge in [-0.25, -0.2) is 4.68 Å². The molecule has 0 saturated carbocycles.